The van der Waals surface area contributed by atoms with Gasteiger partial charge in [-0.2, -0.15) is 0 Å². The monoisotopic (exact) mass is 807 g/mol. The fourth-order valence-corrected chi connectivity index (χ4v) is 9.53. The van der Waals surface area contributed by atoms with Crippen LogP contribution in [0.15, 0.2) is 212 Å². The van der Waals surface area contributed by atoms with Gasteiger partial charge >= 0.3 is 20.9 Å². The van der Waals surface area contributed by atoms with Gasteiger partial charge in [0.25, 0.3) is 0 Å². The summed E-state index contributed by atoms with van der Waals surface area (Å²) >= 11 is 0. The lowest BCUT2D eigenvalue weighted by molar-refractivity contribution is 0.419. The maximum Gasteiger partial charge on any atom is 0.388 e. The van der Waals surface area contributed by atoms with Crippen molar-refractivity contribution < 1.29 is 13.0 Å². The van der Waals surface area contributed by atoms with Crippen LogP contribution < -0.4 is 35.3 Å². The summed E-state index contributed by atoms with van der Waals surface area (Å²) in [6, 6.07) is 71.7. The summed E-state index contributed by atoms with van der Waals surface area (Å²) in [5.74, 6) is 0.432. The van der Waals surface area contributed by atoms with Crippen molar-refractivity contribution in [1.82, 2.24) is 0 Å². The zero-order valence-corrected chi connectivity index (χ0v) is 35.2. The van der Waals surface area contributed by atoms with Gasteiger partial charge in [0.05, 0.1) is 0 Å². The summed E-state index contributed by atoms with van der Waals surface area (Å²) in [6.07, 6.45) is 0. The zero-order valence-electron chi connectivity index (χ0n) is 41.2. The molecule has 2 heterocycles. The van der Waals surface area contributed by atoms with E-state index in [4.69, 9.17) is 13.0 Å². The number of hydrogen-bond acceptors (Lipinski definition) is 4. The number of ether oxygens (including phenoxy) is 1. The molecular weight excluding hydrogens is 751 g/mol. The second-order valence-corrected chi connectivity index (χ2v) is 17.3. The van der Waals surface area contributed by atoms with Crippen molar-refractivity contribution in [3.63, 3.8) is 0 Å². The Morgan fingerprint density at radius 3 is 1.35 bits per heavy atom. The Kier molecular flexibility index (Phi) is 8.42. The molecule has 0 aliphatic carbocycles. The molecule has 62 heavy (non-hydrogen) atoms. The minimum Gasteiger partial charge on any atom is -0.456 e. The highest BCUT2D eigenvalue weighted by molar-refractivity contribution is 7.14. The lowest BCUT2D eigenvalue weighted by atomic mass is 9.37. The Balaban J connectivity index is 1.31. The van der Waals surface area contributed by atoms with Gasteiger partial charge in [-0.15, -0.1) is 0 Å². The number of hydrogen-bond donors (Lipinski definition) is 0. The maximum atomic E-state index is 9.04. The van der Waals surface area contributed by atoms with Crippen LogP contribution in [0.3, 0.4) is 0 Å². The third-order valence-corrected chi connectivity index (χ3v) is 12.3. The normalized spacial score (nSPS) is 16.4. The molecule has 7 heteroatoms. The second kappa shape index (κ2) is 15.9. The molecule has 8 aromatic carbocycles. The largest absolute Gasteiger partial charge is 0.456 e. The molecular formula is C55H50B3N3O. The Morgan fingerprint density at radius 1 is 0.435 bits per heavy atom. The summed E-state index contributed by atoms with van der Waals surface area (Å²) in [5.41, 5.74) is 6.02. The van der Waals surface area contributed by atoms with Crippen molar-refractivity contribution in [2.75, 3.05) is 14.2 Å². The molecule has 8 aromatic rings. The van der Waals surface area contributed by atoms with E-state index in [-0.39, 0.29) is 29.6 Å². The number of nitrogens with zero attached hydrogens (tertiary/aromatic N) is 3. The molecule has 0 radical (unpaired) electrons. The topological polar surface area (TPSA) is 19.0 Å². The fraction of sp³-hybridized carbons (Fsp3) is 0.127. The molecule has 0 aromatic heterocycles. The van der Waals surface area contributed by atoms with E-state index in [2.05, 4.69) is 193 Å². The number of para-hydroxylation sites is 4. The van der Waals surface area contributed by atoms with Gasteiger partial charge in [0.1, 0.15) is 11.5 Å². The molecule has 2 aliphatic rings. The number of anilines is 3. The van der Waals surface area contributed by atoms with Crippen LogP contribution in [0, 0.1) is 0 Å². The van der Waals surface area contributed by atoms with Gasteiger partial charge in [-0.25, -0.2) is 0 Å². The van der Waals surface area contributed by atoms with Crippen molar-refractivity contribution in [2.24, 2.45) is 0 Å². The van der Waals surface area contributed by atoms with E-state index in [1.807, 2.05) is 18.2 Å². The van der Waals surface area contributed by atoms with Crippen molar-refractivity contribution >= 4 is 54.4 Å². The summed E-state index contributed by atoms with van der Waals surface area (Å²) in [7, 11) is 0. The van der Waals surface area contributed by atoms with E-state index in [1.165, 1.54) is 0 Å². The lowest BCUT2D eigenvalue weighted by Crippen LogP contribution is -2.86. The van der Waals surface area contributed by atoms with E-state index < -0.39 is 38.5 Å². The molecule has 300 valence electrons. The van der Waals surface area contributed by atoms with Crippen LogP contribution in [-0.4, -0.2) is 20.9 Å². The van der Waals surface area contributed by atoms with E-state index in [1.54, 1.807) is 36.4 Å². The standard InChI is InChI=1S/C55H50B3N3O/c1-54(2,3)49-39-38-46(40-48(49)47-34-23-36-51-53(47)62-52-37-22-21-35-50(52)55(51,4)5)61-57(42-26-13-7-14-27-42)59(44-30-17-9-18-31-44)56(41-24-11-6-12-25-41)60(45-32-19-10-20-33-45)58(61)43-28-15-8-16-29-43/h6-40H,1-5H3/i4D3,5D3. The smallest absolute Gasteiger partial charge is 0.388 e. The summed E-state index contributed by atoms with van der Waals surface area (Å²) in [4.78, 5) is 0. The van der Waals surface area contributed by atoms with E-state index >= 15 is 0 Å². The van der Waals surface area contributed by atoms with Gasteiger partial charge in [-0.3, -0.25) is 0 Å². The SMILES string of the molecule is [2H]C([2H])([2H])C1(C([2H])([2H])[2H])c2ccccc2Oc2c(-c3cc(N4B(c5ccccc5)N(c5ccccc5)B(c5ccccc5)N(c5ccccc5)B4c4ccccc4)ccc3C(C)(C)C)cccc21. The Morgan fingerprint density at radius 2 is 0.871 bits per heavy atom. The highest BCUT2D eigenvalue weighted by atomic mass is 16.5. The van der Waals surface area contributed by atoms with Crippen LogP contribution in [0.5, 0.6) is 11.5 Å². The highest BCUT2D eigenvalue weighted by Crippen LogP contribution is 2.52. The van der Waals surface area contributed by atoms with Crippen LogP contribution in [0.4, 0.5) is 17.1 Å². The predicted octanol–water partition coefficient (Wildman–Crippen LogP) is 11.1. The molecule has 1 fully saturated rings. The summed E-state index contributed by atoms with van der Waals surface area (Å²) in [5, 5.41) is 0. The molecule has 0 bridgehead atoms. The third kappa shape index (κ3) is 6.86. The van der Waals surface area contributed by atoms with Crippen molar-refractivity contribution in [2.45, 2.75) is 45.3 Å². The number of rotatable bonds is 7. The van der Waals surface area contributed by atoms with Gasteiger partial charge in [0.2, 0.25) is 0 Å². The number of fused-ring (bicyclic) bond motifs is 2. The Labute approximate surface area is 377 Å². The minimum atomic E-state index is -2.98. The minimum absolute atomic E-state index is 0.109. The molecule has 0 amide bonds. The van der Waals surface area contributed by atoms with E-state index in [9.17, 15) is 0 Å². The first-order valence-corrected chi connectivity index (χ1v) is 21.4. The van der Waals surface area contributed by atoms with Gasteiger partial charge in [0, 0.05) is 47.4 Å². The first-order chi connectivity index (χ1) is 32.7. The molecule has 1 saturated heterocycles. The quantitative estimate of drug-likeness (QED) is 0.149. The van der Waals surface area contributed by atoms with Crippen LogP contribution in [0.1, 0.15) is 59.4 Å². The lowest BCUT2D eigenvalue weighted by Gasteiger charge is -2.57. The van der Waals surface area contributed by atoms with Crippen LogP contribution >= 0.6 is 0 Å². The second-order valence-electron chi connectivity index (χ2n) is 17.3. The average molecular weight is 807 g/mol. The molecule has 0 saturated carbocycles. The van der Waals surface area contributed by atoms with Crippen molar-refractivity contribution in [3.05, 3.63) is 229 Å². The van der Waals surface area contributed by atoms with Crippen LogP contribution in [0.2, 0.25) is 0 Å². The first kappa shape index (κ1) is 32.9. The van der Waals surface area contributed by atoms with Crippen LogP contribution in [-0.2, 0) is 10.8 Å². The zero-order chi connectivity index (χ0) is 47.4. The van der Waals surface area contributed by atoms with Crippen molar-refractivity contribution in [1.29, 1.82) is 0 Å². The maximum absolute atomic E-state index is 9.04. The first-order valence-electron chi connectivity index (χ1n) is 24.4. The average Bonchev–Trinajstić information content (AvgIpc) is 3.34. The van der Waals surface area contributed by atoms with Gasteiger partial charge in [-0.1, -0.05) is 204 Å². The summed E-state index contributed by atoms with van der Waals surface area (Å²) < 4.78 is 68.6. The molecule has 0 atom stereocenters. The molecule has 10 rings (SSSR count). The van der Waals surface area contributed by atoms with E-state index in [0.29, 0.717) is 5.56 Å². The molecule has 0 spiro atoms. The van der Waals surface area contributed by atoms with Crippen molar-refractivity contribution in [3.8, 4) is 22.6 Å². The Bertz CT molecular complexity index is 2940. The van der Waals surface area contributed by atoms with Gasteiger partial charge < -0.3 is 18.9 Å². The third-order valence-electron chi connectivity index (χ3n) is 12.3. The van der Waals surface area contributed by atoms with E-state index in [0.717, 1.165) is 44.6 Å². The van der Waals surface area contributed by atoms with Crippen LogP contribution in [0.25, 0.3) is 11.1 Å². The molecule has 4 nitrogen and oxygen atoms in total. The fourth-order valence-electron chi connectivity index (χ4n) is 9.53. The molecule has 2 aliphatic heterocycles. The Hall–Kier alpha value is -6.85. The van der Waals surface area contributed by atoms with Gasteiger partial charge in [0.15, 0.2) is 0 Å². The molecule has 0 unspecified atom stereocenters. The predicted molar refractivity (Wildman–Crippen MR) is 265 cm³/mol. The molecule has 0 N–H and O–H groups in total. The van der Waals surface area contributed by atoms with Gasteiger partial charge in [-0.05, 0) is 75.4 Å². The highest BCUT2D eigenvalue weighted by Gasteiger charge is 2.56. The summed E-state index contributed by atoms with van der Waals surface area (Å²) in [6.45, 7) is -0.609. The number of benzene rings is 8.